The van der Waals surface area contributed by atoms with Gasteiger partial charge in [0.25, 0.3) is 0 Å². The predicted molar refractivity (Wildman–Crippen MR) is 126 cm³/mol. The molecule has 0 saturated carbocycles. The number of benzene rings is 2. The Bertz CT molecular complexity index is 1050. The summed E-state index contributed by atoms with van der Waals surface area (Å²) in [5.74, 6) is 0.846. The Labute approximate surface area is 194 Å². The highest BCUT2D eigenvalue weighted by Crippen LogP contribution is 2.45. The number of hydrogen-bond acceptors (Lipinski definition) is 8. The van der Waals surface area contributed by atoms with E-state index in [0.29, 0.717) is 53.2 Å². The molecule has 0 spiro atoms. The third-order valence-electron chi connectivity index (χ3n) is 5.26. The van der Waals surface area contributed by atoms with Crippen molar-refractivity contribution < 1.29 is 27.7 Å². The van der Waals surface area contributed by atoms with Crippen LogP contribution in [0.25, 0.3) is 0 Å². The first-order chi connectivity index (χ1) is 15.2. The van der Waals surface area contributed by atoms with Crippen LogP contribution in [0.1, 0.15) is 18.5 Å². The Kier molecular flexibility index (Phi) is 7.76. The number of aliphatic hydroxyl groups excluding tert-OH is 1. The van der Waals surface area contributed by atoms with Crippen LogP contribution in [0.2, 0.25) is 5.02 Å². The first-order valence-corrected chi connectivity index (χ1v) is 12.6. The van der Waals surface area contributed by atoms with E-state index in [1.807, 2.05) is 6.92 Å². The molecule has 0 radical (unpaired) electrons. The molecule has 2 aromatic carbocycles. The van der Waals surface area contributed by atoms with E-state index in [2.05, 4.69) is 0 Å². The van der Waals surface area contributed by atoms with Gasteiger partial charge >= 0.3 is 0 Å². The Hall–Kier alpha value is -2.20. The topological polar surface area (TPSA) is 88.5 Å². The van der Waals surface area contributed by atoms with Crippen molar-refractivity contribution in [1.29, 1.82) is 0 Å². The Morgan fingerprint density at radius 2 is 1.88 bits per heavy atom. The summed E-state index contributed by atoms with van der Waals surface area (Å²) in [6.45, 7) is 3.07. The standard InChI is InChI=1S/C22H29ClN2O6S/c1-5-31-21-12-15(6-9-20(21)30-3)19(14-32(4,27)28)25-17-8-7-16(23)13-18(17)24(22(25)26)10-11-29-2/h6-9,12-13,19,22,26H,5,10-11,14H2,1-4H3. The molecular weight excluding hydrogens is 456 g/mol. The maximum atomic E-state index is 12.4. The quantitative estimate of drug-likeness (QED) is 0.550. The number of hydrogen-bond donors (Lipinski definition) is 1. The lowest BCUT2D eigenvalue weighted by molar-refractivity contribution is 0.145. The van der Waals surface area contributed by atoms with Gasteiger partial charge in [-0.1, -0.05) is 17.7 Å². The minimum atomic E-state index is -3.41. The number of ether oxygens (including phenoxy) is 3. The second-order valence-electron chi connectivity index (χ2n) is 7.52. The van der Waals surface area contributed by atoms with Gasteiger partial charge in [-0.3, -0.25) is 0 Å². The SMILES string of the molecule is CCOc1cc(C(CS(C)(=O)=O)N2c3ccc(Cl)cc3N(CCOC)C2O)ccc1OC. The van der Waals surface area contributed by atoms with Gasteiger partial charge in [0.1, 0.15) is 9.84 Å². The van der Waals surface area contributed by atoms with Gasteiger partial charge in [0.15, 0.2) is 11.5 Å². The number of methoxy groups -OCH3 is 2. The first-order valence-electron chi connectivity index (χ1n) is 10.2. The maximum absolute atomic E-state index is 12.4. The van der Waals surface area contributed by atoms with Gasteiger partial charge in [-0.15, -0.1) is 0 Å². The Morgan fingerprint density at radius 1 is 1.12 bits per heavy atom. The van der Waals surface area contributed by atoms with E-state index < -0.39 is 22.2 Å². The molecule has 0 amide bonds. The van der Waals surface area contributed by atoms with Gasteiger partial charge in [-0.05, 0) is 42.8 Å². The molecule has 2 aromatic rings. The van der Waals surface area contributed by atoms with Gasteiger partial charge in [0, 0.05) is 24.9 Å². The maximum Gasteiger partial charge on any atom is 0.208 e. The Morgan fingerprint density at radius 3 is 2.50 bits per heavy atom. The average molecular weight is 485 g/mol. The summed E-state index contributed by atoms with van der Waals surface area (Å²) in [5.41, 5.74) is 2.06. The van der Waals surface area contributed by atoms with Crippen LogP contribution in [0.15, 0.2) is 36.4 Å². The summed E-state index contributed by atoms with van der Waals surface area (Å²) in [5, 5.41) is 11.8. The van der Waals surface area contributed by atoms with Gasteiger partial charge in [0.2, 0.25) is 6.35 Å². The number of fused-ring (bicyclic) bond motifs is 1. The number of nitrogens with zero attached hydrogens (tertiary/aromatic N) is 2. The zero-order valence-corrected chi connectivity index (χ0v) is 20.2. The second kappa shape index (κ2) is 10.2. The summed E-state index contributed by atoms with van der Waals surface area (Å²) in [7, 11) is -0.286. The van der Waals surface area contributed by atoms with Crippen LogP contribution < -0.4 is 19.3 Å². The van der Waals surface area contributed by atoms with E-state index in [4.69, 9.17) is 25.8 Å². The van der Waals surface area contributed by atoms with Crippen LogP contribution in [0.4, 0.5) is 11.4 Å². The molecule has 1 N–H and O–H groups in total. The van der Waals surface area contributed by atoms with Crippen molar-refractivity contribution in [3.05, 3.63) is 47.0 Å². The average Bonchev–Trinajstić information content (AvgIpc) is 3.00. The largest absolute Gasteiger partial charge is 0.493 e. The summed E-state index contributed by atoms with van der Waals surface area (Å²) in [6.07, 6.45) is 0.0731. The number of aliphatic hydroxyl groups is 1. The highest BCUT2D eigenvalue weighted by Gasteiger charge is 2.40. The second-order valence-corrected chi connectivity index (χ2v) is 10.1. The number of anilines is 2. The van der Waals surface area contributed by atoms with Crippen LogP contribution in [0, 0.1) is 0 Å². The third-order valence-corrected chi connectivity index (χ3v) is 6.41. The smallest absolute Gasteiger partial charge is 0.208 e. The monoisotopic (exact) mass is 484 g/mol. The van der Waals surface area contributed by atoms with Crippen LogP contribution in [-0.2, 0) is 14.6 Å². The van der Waals surface area contributed by atoms with Crippen LogP contribution in [0.5, 0.6) is 11.5 Å². The zero-order chi connectivity index (χ0) is 23.5. The zero-order valence-electron chi connectivity index (χ0n) is 18.6. The van der Waals surface area contributed by atoms with Crippen molar-refractivity contribution in [3.63, 3.8) is 0 Å². The lowest BCUT2D eigenvalue weighted by Crippen LogP contribution is -2.47. The minimum absolute atomic E-state index is 0.206. The van der Waals surface area contributed by atoms with Crippen molar-refractivity contribution in [2.75, 3.05) is 55.8 Å². The van der Waals surface area contributed by atoms with Gasteiger partial charge in [-0.2, -0.15) is 0 Å². The van der Waals surface area contributed by atoms with Crippen LogP contribution in [0.3, 0.4) is 0 Å². The van der Waals surface area contributed by atoms with Gasteiger partial charge < -0.3 is 29.1 Å². The highest BCUT2D eigenvalue weighted by atomic mass is 35.5. The molecule has 0 aromatic heterocycles. The van der Waals surface area contributed by atoms with E-state index in [-0.39, 0.29) is 5.75 Å². The van der Waals surface area contributed by atoms with Crippen molar-refractivity contribution >= 4 is 32.8 Å². The fourth-order valence-corrected chi connectivity index (χ4v) is 4.98. The van der Waals surface area contributed by atoms with E-state index in [1.54, 1.807) is 60.4 Å². The van der Waals surface area contributed by atoms with E-state index >= 15 is 0 Å². The Balaban J connectivity index is 2.13. The molecule has 32 heavy (non-hydrogen) atoms. The van der Waals surface area contributed by atoms with Gasteiger partial charge in [-0.25, -0.2) is 8.42 Å². The molecule has 0 aliphatic carbocycles. The van der Waals surface area contributed by atoms with Crippen molar-refractivity contribution in [2.45, 2.75) is 19.3 Å². The molecule has 1 aliphatic rings. The summed E-state index contributed by atoms with van der Waals surface area (Å²) >= 11 is 6.23. The number of rotatable bonds is 10. The molecule has 2 atom stereocenters. The van der Waals surface area contributed by atoms with Gasteiger partial charge in [0.05, 0.1) is 43.5 Å². The van der Waals surface area contributed by atoms with Crippen molar-refractivity contribution in [2.24, 2.45) is 0 Å². The molecule has 176 valence electrons. The molecule has 10 heteroatoms. The molecule has 3 rings (SSSR count). The molecular formula is C22H29ClN2O6S. The van der Waals surface area contributed by atoms with Crippen LogP contribution in [-0.4, -0.2) is 65.9 Å². The first kappa shape index (κ1) is 24.4. The summed E-state index contributed by atoms with van der Waals surface area (Å²) < 4.78 is 41.1. The molecule has 0 saturated heterocycles. The molecule has 1 aliphatic heterocycles. The fourth-order valence-electron chi connectivity index (χ4n) is 3.89. The summed E-state index contributed by atoms with van der Waals surface area (Å²) in [6, 6.07) is 9.87. The molecule has 0 fully saturated rings. The van der Waals surface area contributed by atoms with E-state index in [0.717, 1.165) is 0 Å². The van der Waals surface area contributed by atoms with Crippen molar-refractivity contribution in [3.8, 4) is 11.5 Å². The predicted octanol–water partition coefficient (Wildman–Crippen LogP) is 3.08. The highest BCUT2D eigenvalue weighted by molar-refractivity contribution is 7.90. The molecule has 1 heterocycles. The molecule has 8 nitrogen and oxygen atoms in total. The van der Waals surface area contributed by atoms with E-state index in [9.17, 15) is 13.5 Å². The lowest BCUT2D eigenvalue weighted by Gasteiger charge is -2.35. The molecule has 0 bridgehead atoms. The summed E-state index contributed by atoms with van der Waals surface area (Å²) in [4.78, 5) is 3.44. The molecule has 2 unspecified atom stereocenters. The van der Waals surface area contributed by atoms with E-state index in [1.165, 1.54) is 6.26 Å². The third kappa shape index (κ3) is 5.23. The lowest BCUT2D eigenvalue weighted by atomic mass is 10.1. The fraction of sp³-hybridized carbons (Fsp3) is 0.455. The normalized spacial score (nSPS) is 16.8. The number of sulfone groups is 1. The van der Waals surface area contributed by atoms with Crippen LogP contribution >= 0.6 is 11.6 Å². The number of halogens is 1. The minimum Gasteiger partial charge on any atom is -0.493 e. The van der Waals surface area contributed by atoms with Crippen molar-refractivity contribution in [1.82, 2.24) is 0 Å².